The number of hydrogen-bond acceptors (Lipinski definition) is 14. The fraction of sp³-hybridized carbons (Fsp3) is 0.704. The monoisotopic (exact) mass is 1040 g/mol. The maximum absolute atomic E-state index is 14.7. The van der Waals surface area contributed by atoms with Crippen LogP contribution in [0.15, 0.2) is 42.5 Å². The van der Waals surface area contributed by atoms with E-state index >= 15 is 0 Å². The zero-order valence-corrected chi connectivity index (χ0v) is 45.7. The zero-order chi connectivity index (χ0) is 55.0. The summed E-state index contributed by atoms with van der Waals surface area (Å²) in [6.45, 7) is 14.7. The number of imide groups is 1. The second kappa shape index (κ2) is 29.0. The molecule has 1 aliphatic carbocycles. The van der Waals surface area contributed by atoms with Gasteiger partial charge in [0.05, 0.1) is 54.9 Å². The molecule has 4 rings (SSSR count). The number of nitrogens with one attached hydrogen (secondary N) is 2. The molecule has 0 radical (unpaired) electrons. The van der Waals surface area contributed by atoms with Crippen LogP contribution in [-0.2, 0) is 57.3 Å². The minimum atomic E-state index is -1.01. The highest BCUT2D eigenvalue weighted by molar-refractivity contribution is 6.01. The van der Waals surface area contributed by atoms with Crippen molar-refractivity contribution in [3.05, 3.63) is 48.0 Å². The van der Waals surface area contributed by atoms with Crippen LogP contribution in [0.4, 0.5) is 4.79 Å². The van der Waals surface area contributed by atoms with Crippen LogP contribution in [0.5, 0.6) is 0 Å². The van der Waals surface area contributed by atoms with Crippen molar-refractivity contribution in [3.8, 4) is 0 Å². The summed E-state index contributed by atoms with van der Waals surface area (Å²) in [4.78, 5) is 116. The normalized spacial score (nSPS) is 22.3. The number of ether oxygens (including phenoxy) is 4. The van der Waals surface area contributed by atoms with Crippen LogP contribution in [0.25, 0.3) is 0 Å². The van der Waals surface area contributed by atoms with E-state index in [1.165, 1.54) is 26.2 Å². The molecule has 2 unspecified atom stereocenters. The number of amides is 7. The van der Waals surface area contributed by atoms with Crippen molar-refractivity contribution in [2.24, 2.45) is 23.7 Å². The summed E-state index contributed by atoms with van der Waals surface area (Å²) in [6.07, 6.45) is 3.30. The van der Waals surface area contributed by atoms with E-state index in [1.807, 2.05) is 45.9 Å². The zero-order valence-electron chi connectivity index (χ0n) is 45.7. The van der Waals surface area contributed by atoms with Gasteiger partial charge in [-0.1, -0.05) is 91.3 Å². The number of aliphatic hydroxyl groups is 1. The van der Waals surface area contributed by atoms with Crippen molar-refractivity contribution >= 4 is 47.5 Å². The predicted octanol–water partition coefficient (Wildman–Crippen LogP) is 4.87. The molecule has 414 valence electrons. The van der Waals surface area contributed by atoms with E-state index in [1.54, 1.807) is 68.8 Å². The van der Waals surface area contributed by atoms with Crippen molar-refractivity contribution in [1.82, 2.24) is 30.4 Å². The largest absolute Gasteiger partial charge is 0.442 e. The predicted molar refractivity (Wildman–Crippen MR) is 273 cm³/mol. The number of carbonyl (C=O) groups excluding carboxylic acids is 8. The highest BCUT2D eigenvalue weighted by atomic mass is 16.7. The second-order valence-corrected chi connectivity index (χ2v) is 20.8. The van der Waals surface area contributed by atoms with E-state index in [-0.39, 0.29) is 60.8 Å². The molecule has 0 spiro atoms. The summed E-state index contributed by atoms with van der Waals surface area (Å²) >= 11 is 0. The minimum Gasteiger partial charge on any atom is -0.442 e. The first-order chi connectivity index (χ1) is 35.1. The first-order valence-electron chi connectivity index (χ1n) is 26.3. The molecule has 3 aliphatic rings. The third kappa shape index (κ3) is 16.3. The Kier molecular flexibility index (Phi) is 24.0. The van der Waals surface area contributed by atoms with Gasteiger partial charge in [0.2, 0.25) is 23.6 Å². The number of likely N-dealkylation sites (tertiary alicyclic amines) is 1. The van der Waals surface area contributed by atoms with Gasteiger partial charge in [0.15, 0.2) is 0 Å². The molecule has 2 saturated heterocycles. The molecule has 2 fully saturated rings. The quantitative estimate of drug-likeness (QED) is 0.0875. The van der Waals surface area contributed by atoms with Gasteiger partial charge in [0.1, 0.15) is 24.8 Å². The van der Waals surface area contributed by atoms with Gasteiger partial charge in [-0.15, -0.1) is 5.06 Å². The number of likely N-dealkylation sites (N-methyl/N-ethyl adjacent to an activating group) is 2. The van der Waals surface area contributed by atoms with E-state index < -0.39 is 96.9 Å². The van der Waals surface area contributed by atoms with Gasteiger partial charge in [0.25, 0.3) is 11.8 Å². The number of carbonyl (C=O) groups is 8. The van der Waals surface area contributed by atoms with Gasteiger partial charge in [0, 0.05) is 47.7 Å². The Bertz CT molecular complexity index is 2070. The molecule has 20 nitrogen and oxygen atoms in total. The molecule has 0 bridgehead atoms. The van der Waals surface area contributed by atoms with E-state index in [9.17, 15) is 43.5 Å². The lowest BCUT2D eigenvalue weighted by atomic mass is 9.89. The van der Waals surface area contributed by atoms with E-state index in [0.717, 1.165) is 0 Å². The van der Waals surface area contributed by atoms with Gasteiger partial charge in [-0.05, 0) is 74.8 Å². The molecule has 7 amide bonds. The molecule has 2 heterocycles. The fourth-order valence-corrected chi connectivity index (χ4v) is 10.3. The smallest absolute Gasteiger partial charge is 0.410 e. The lowest BCUT2D eigenvalue weighted by molar-refractivity contribution is -0.201. The minimum absolute atomic E-state index is 0.0115. The van der Waals surface area contributed by atoms with E-state index in [4.69, 9.17) is 23.8 Å². The van der Waals surface area contributed by atoms with Gasteiger partial charge in [-0.25, -0.2) is 9.59 Å². The average molecular weight is 1040 g/mol. The number of rotatable bonds is 25. The molecular weight excluding hydrogens is 957 g/mol. The van der Waals surface area contributed by atoms with Gasteiger partial charge < -0.3 is 49.3 Å². The lowest BCUT2D eigenvalue weighted by Crippen LogP contribution is -2.60. The first-order valence-corrected chi connectivity index (χ1v) is 26.3. The Morgan fingerprint density at radius 2 is 1.49 bits per heavy atom. The Morgan fingerprint density at radius 3 is 2.08 bits per heavy atom. The first kappa shape index (κ1) is 61.1. The van der Waals surface area contributed by atoms with E-state index in [2.05, 4.69) is 10.6 Å². The van der Waals surface area contributed by atoms with Crippen molar-refractivity contribution in [1.29, 1.82) is 0 Å². The summed E-state index contributed by atoms with van der Waals surface area (Å²) in [5.74, 6) is -5.03. The summed E-state index contributed by atoms with van der Waals surface area (Å²) in [7, 11) is 6.18. The SMILES string of the molecule is CC[C@H](C)[C@@H]([C@@H](CC(=O)N1CCC[C@H]1[C@H](OC)[C@@H](C)C(=O)N[C@H](C)[C@@H](O)c1ccccc1)OC)N(C)C(=O)[C@@H](NC(=O)[C@H](C(C)C)N(C)C(=O)OC1/C=C/CC(OCC(=O)ON2C(=O)CCC2=O)CCC1)C(C)C. The van der Waals surface area contributed by atoms with Crippen LogP contribution in [0.2, 0.25) is 0 Å². The van der Waals surface area contributed by atoms with Crippen LogP contribution in [0.1, 0.15) is 131 Å². The van der Waals surface area contributed by atoms with Gasteiger partial charge in [-0.3, -0.25) is 33.7 Å². The van der Waals surface area contributed by atoms with Crippen LogP contribution < -0.4 is 10.6 Å². The summed E-state index contributed by atoms with van der Waals surface area (Å²) in [6, 6.07) is 5.48. The standard InChI is InChI=1S/C54H84N6O14/c1-13-34(6)48(41(70-11)30-44(63)59-29-19-26-40(59)50(71-12)35(7)51(66)55-36(8)49(65)37-20-15-14-16-21-37)57(9)53(68)46(32(2)3)56-52(67)47(33(4)5)58(10)54(69)73-39-24-17-22-38(23-18-25-39)72-31-45(64)74-60-42(61)27-28-43(60)62/h14-17,20-21,24,32-36,38-41,46-50,65H,13,18-19,22-23,25-31H2,1-12H3,(H,55,66)(H,56,67)/b24-17+/t34-,35+,36+,38?,39?,40-,41+,46-,47-,48-,49+,50+/m0/s1. The molecule has 0 saturated carbocycles. The maximum atomic E-state index is 14.7. The lowest BCUT2D eigenvalue weighted by Gasteiger charge is -2.41. The molecule has 1 aromatic carbocycles. The Labute approximate surface area is 437 Å². The van der Waals surface area contributed by atoms with Crippen molar-refractivity contribution in [2.45, 2.75) is 180 Å². The molecule has 1 aromatic rings. The molecule has 2 aliphatic heterocycles. The number of aliphatic hydroxyl groups excluding tert-OH is 1. The number of methoxy groups -OCH3 is 2. The van der Waals surface area contributed by atoms with Gasteiger partial charge in [-0.2, -0.15) is 0 Å². The van der Waals surface area contributed by atoms with Crippen LogP contribution in [0, 0.1) is 23.7 Å². The van der Waals surface area contributed by atoms with Crippen LogP contribution in [-0.4, -0.2) is 168 Å². The Morgan fingerprint density at radius 1 is 0.824 bits per heavy atom. The Hall–Kier alpha value is -5.44. The van der Waals surface area contributed by atoms with Crippen LogP contribution in [0.3, 0.4) is 0 Å². The number of hydrogen-bond donors (Lipinski definition) is 3. The van der Waals surface area contributed by atoms with Crippen molar-refractivity contribution < 1.29 is 67.2 Å². The van der Waals surface area contributed by atoms with Gasteiger partial charge >= 0.3 is 12.1 Å². The van der Waals surface area contributed by atoms with E-state index in [0.29, 0.717) is 62.1 Å². The van der Waals surface area contributed by atoms with Crippen molar-refractivity contribution in [3.63, 3.8) is 0 Å². The molecule has 3 N–H and O–H groups in total. The highest BCUT2D eigenvalue weighted by Crippen LogP contribution is 2.30. The molecule has 0 aromatic heterocycles. The summed E-state index contributed by atoms with van der Waals surface area (Å²) in [5, 5.41) is 17.3. The van der Waals surface area contributed by atoms with Crippen LogP contribution >= 0.6 is 0 Å². The highest BCUT2D eigenvalue weighted by Gasteiger charge is 2.44. The fourth-order valence-electron chi connectivity index (χ4n) is 10.3. The summed E-state index contributed by atoms with van der Waals surface area (Å²) < 4.78 is 23.6. The molecule has 12 atom stereocenters. The molecular formula is C54H84N6O14. The summed E-state index contributed by atoms with van der Waals surface area (Å²) in [5.41, 5.74) is 0.679. The third-order valence-corrected chi connectivity index (χ3v) is 14.7. The third-order valence-electron chi connectivity index (χ3n) is 14.7. The number of benzene rings is 1. The average Bonchev–Trinajstić information content (AvgIpc) is 3.98. The molecule has 20 heteroatoms. The topological polar surface area (TPSA) is 240 Å². The number of nitrogens with zero attached hydrogens (tertiary/aromatic N) is 4. The molecule has 74 heavy (non-hydrogen) atoms. The van der Waals surface area contributed by atoms with Crippen molar-refractivity contribution in [2.75, 3.05) is 41.5 Å². The maximum Gasteiger partial charge on any atom is 0.410 e. The number of hydroxylamine groups is 2. The second-order valence-electron chi connectivity index (χ2n) is 20.8. The Balaban J connectivity index is 1.38.